The van der Waals surface area contributed by atoms with E-state index in [-0.39, 0.29) is 17.7 Å². The predicted molar refractivity (Wildman–Crippen MR) is 99.5 cm³/mol. The molecule has 1 aromatic carbocycles. The molecule has 1 aliphatic rings. The molecule has 26 heavy (non-hydrogen) atoms. The Morgan fingerprint density at radius 3 is 2.81 bits per heavy atom. The average Bonchev–Trinajstić information content (AvgIpc) is 3.13. The first-order valence-electron chi connectivity index (χ1n) is 8.52. The molecule has 0 aliphatic heterocycles. The van der Waals surface area contributed by atoms with E-state index in [0.717, 1.165) is 35.0 Å². The van der Waals surface area contributed by atoms with Gasteiger partial charge in [0.15, 0.2) is 0 Å². The van der Waals surface area contributed by atoms with Crippen LogP contribution in [0.4, 0.5) is 0 Å². The second-order valence-electron chi connectivity index (χ2n) is 6.54. The highest BCUT2D eigenvalue weighted by Gasteiger charge is 2.27. The van der Waals surface area contributed by atoms with Crippen LogP contribution in [0.15, 0.2) is 23.7 Å². The summed E-state index contributed by atoms with van der Waals surface area (Å²) in [7, 11) is 1.81. The fraction of sp³-hybridized carbons (Fsp3) is 0.333. The number of fused-ring (bicyclic) bond motifs is 1. The number of rotatable bonds is 3. The third kappa shape index (κ3) is 2.86. The number of nitrogens with one attached hydrogen (secondary N) is 2. The first-order chi connectivity index (χ1) is 12.5. The van der Waals surface area contributed by atoms with Crippen LogP contribution in [-0.4, -0.2) is 26.6 Å². The molecule has 3 aromatic rings. The Morgan fingerprint density at radius 1 is 1.27 bits per heavy atom. The fourth-order valence-corrected chi connectivity index (χ4v) is 3.93. The van der Waals surface area contributed by atoms with E-state index in [2.05, 4.69) is 20.9 Å². The summed E-state index contributed by atoms with van der Waals surface area (Å²) in [5, 5.41) is 4.40. The number of nitrogens with zero attached hydrogens (tertiary/aromatic N) is 3. The van der Waals surface area contributed by atoms with Crippen LogP contribution in [0.25, 0.3) is 21.5 Å². The molecule has 8 heteroatoms. The third-order valence-electron chi connectivity index (χ3n) is 4.83. The molecule has 7 nitrogen and oxygen atoms in total. The number of aromatic nitrogens is 3. The number of hydrazine groups is 1. The van der Waals surface area contributed by atoms with Crippen LogP contribution >= 0.6 is 11.3 Å². The molecule has 4 rings (SSSR count). The smallest absolute Gasteiger partial charge is 0.273 e. The Kier molecular flexibility index (Phi) is 4.20. The standard InChI is InChI=1S/C18H19N5O2S/c1-10-15(18(25)21-20-17(24)11-4-3-5-11)16(23(2)22-10)12-6-7-13-14(8-12)26-9-19-13/h6-9,11H,3-5H2,1-2H3,(H,20,24)(H,21,25). The van der Waals surface area contributed by atoms with Gasteiger partial charge in [0.1, 0.15) is 0 Å². The predicted octanol–water partition coefficient (Wildman–Crippen LogP) is 2.57. The topological polar surface area (TPSA) is 88.9 Å². The Balaban J connectivity index is 1.63. The Labute approximate surface area is 154 Å². The van der Waals surface area contributed by atoms with Crippen molar-refractivity contribution < 1.29 is 9.59 Å². The van der Waals surface area contributed by atoms with E-state index < -0.39 is 0 Å². The van der Waals surface area contributed by atoms with Gasteiger partial charge in [-0.2, -0.15) is 5.10 Å². The maximum absolute atomic E-state index is 12.7. The minimum absolute atomic E-state index is 0.0125. The van der Waals surface area contributed by atoms with Gasteiger partial charge < -0.3 is 0 Å². The molecule has 2 N–H and O–H groups in total. The average molecular weight is 369 g/mol. The molecule has 1 aliphatic carbocycles. The van der Waals surface area contributed by atoms with Gasteiger partial charge in [-0.3, -0.25) is 25.1 Å². The second-order valence-corrected chi connectivity index (χ2v) is 7.43. The summed E-state index contributed by atoms with van der Waals surface area (Å²) in [6.07, 6.45) is 2.83. The van der Waals surface area contributed by atoms with Crippen molar-refractivity contribution >= 4 is 33.4 Å². The summed E-state index contributed by atoms with van der Waals surface area (Å²) in [5.41, 5.74) is 10.5. The van der Waals surface area contributed by atoms with Crippen molar-refractivity contribution in [3.05, 3.63) is 35.0 Å². The summed E-state index contributed by atoms with van der Waals surface area (Å²) in [6.45, 7) is 1.79. The number of thiazole rings is 1. The Hall–Kier alpha value is -2.74. The number of hydrogen-bond acceptors (Lipinski definition) is 5. The van der Waals surface area contributed by atoms with Crippen LogP contribution < -0.4 is 10.9 Å². The number of aryl methyl sites for hydroxylation is 2. The highest BCUT2D eigenvalue weighted by atomic mass is 32.1. The zero-order valence-corrected chi connectivity index (χ0v) is 15.4. The normalized spacial score (nSPS) is 14.2. The molecule has 0 atom stereocenters. The molecule has 0 bridgehead atoms. The van der Waals surface area contributed by atoms with Gasteiger partial charge in [-0.15, -0.1) is 11.3 Å². The summed E-state index contributed by atoms with van der Waals surface area (Å²) in [6, 6.07) is 5.87. The lowest BCUT2D eigenvalue weighted by Gasteiger charge is -2.24. The lowest BCUT2D eigenvalue weighted by atomic mass is 9.85. The minimum atomic E-state index is -0.359. The van der Waals surface area contributed by atoms with Crippen molar-refractivity contribution in [2.24, 2.45) is 13.0 Å². The van der Waals surface area contributed by atoms with E-state index in [0.29, 0.717) is 17.0 Å². The Bertz CT molecular complexity index is 1000. The lowest BCUT2D eigenvalue weighted by Crippen LogP contribution is -2.46. The molecular weight excluding hydrogens is 350 g/mol. The number of hydrogen-bond donors (Lipinski definition) is 2. The van der Waals surface area contributed by atoms with E-state index in [1.54, 1.807) is 28.5 Å². The van der Waals surface area contributed by atoms with Crippen LogP contribution in [0, 0.1) is 12.8 Å². The van der Waals surface area contributed by atoms with Gasteiger partial charge in [0.25, 0.3) is 5.91 Å². The van der Waals surface area contributed by atoms with Gasteiger partial charge in [0, 0.05) is 18.5 Å². The highest BCUT2D eigenvalue weighted by Crippen LogP contribution is 2.30. The van der Waals surface area contributed by atoms with Crippen molar-refractivity contribution in [2.75, 3.05) is 0 Å². The van der Waals surface area contributed by atoms with Crippen molar-refractivity contribution in [3.8, 4) is 11.3 Å². The van der Waals surface area contributed by atoms with Crippen molar-refractivity contribution in [2.45, 2.75) is 26.2 Å². The van der Waals surface area contributed by atoms with E-state index in [9.17, 15) is 9.59 Å². The molecule has 2 amide bonds. The molecule has 2 heterocycles. The van der Waals surface area contributed by atoms with E-state index in [1.165, 1.54) is 0 Å². The monoisotopic (exact) mass is 369 g/mol. The molecule has 0 spiro atoms. The molecular formula is C18H19N5O2S. The van der Waals surface area contributed by atoms with E-state index in [4.69, 9.17) is 0 Å². The SMILES string of the molecule is Cc1nn(C)c(-c2ccc3ncsc3c2)c1C(=O)NNC(=O)C1CCC1. The fourth-order valence-electron chi connectivity index (χ4n) is 3.22. The van der Waals surface area contributed by atoms with Crippen molar-refractivity contribution in [1.29, 1.82) is 0 Å². The summed E-state index contributed by atoms with van der Waals surface area (Å²) >= 11 is 1.55. The van der Waals surface area contributed by atoms with Gasteiger partial charge in [0.2, 0.25) is 5.91 Å². The maximum atomic E-state index is 12.7. The number of carbonyl (C=O) groups excluding carboxylic acids is 2. The van der Waals surface area contributed by atoms with E-state index >= 15 is 0 Å². The van der Waals surface area contributed by atoms with Crippen molar-refractivity contribution in [1.82, 2.24) is 25.6 Å². The van der Waals surface area contributed by atoms with Gasteiger partial charge in [-0.1, -0.05) is 12.5 Å². The van der Waals surface area contributed by atoms with Crippen LogP contribution in [0.3, 0.4) is 0 Å². The number of carbonyl (C=O) groups is 2. The van der Waals surface area contributed by atoms with Crippen LogP contribution in [0.1, 0.15) is 35.3 Å². The number of amides is 2. The quantitative estimate of drug-likeness (QED) is 0.695. The zero-order chi connectivity index (χ0) is 18.3. The maximum Gasteiger partial charge on any atom is 0.273 e. The van der Waals surface area contributed by atoms with Crippen LogP contribution in [0.5, 0.6) is 0 Å². The lowest BCUT2D eigenvalue weighted by molar-refractivity contribution is -0.128. The molecule has 0 radical (unpaired) electrons. The zero-order valence-electron chi connectivity index (χ0n) is 14.6. The second kappa shape index (κ2) is 6.53. The molecule has 1 saturated carbocycles. The van der Waals surface area contributed by atoms with Gasteiger partial charge >= 0.3 is 0 Å². The Morgan fingerprint density at radius 2 is 2.08 bits per heavy atom. The van der Waals surface area contributed by atoms with E-state index in [1.807, 2.05) is 25.2 Å². The third-order valence-corrected chi connectivity index (χ3v) is 5.62. The van der Waals surface area contributed by atoms with Gasteiger partial charge in [-0.05, 0) is 31.9 Å². The summed E-state index contributed by atoms with van der Waals surface area (Å²) < 4.78 is 2.74. The largest absolute Gasteiger partial charge is 0.273 e. The molecule has 1 fully saturated rings. The number of benzene rings is 1. The van der Waals surface area contributed by atoms with Gasteiger partial charge in [0.05, 0.1) is 32.7 Å². The summed E-state index contributed by atoms with van der Waals surface area (Å²) in [5.74, 6) is -0.472. The highest BCUT2D eigenvalue weighted by molar-refractivity contribution is 7.16. The van der Waals surface area contributed by atoms with Gasteiger partial charge in [-0.25, -0.2) is 4.98 Å². The first-order valence-corrected chi connectivity index (χ1v) is 9.40. The molecule has 2 aromatic heterocycles. The molecule has 134 valence electrons. The molecule has 0 saturated heterocycles. The minimum Gasteiger partial charge on any atom is -0.273 e. The molecule has 0 unspecified atom stereocenters. The first kappa shape index (κ1) is 16.7. The summed E-state index contributed by atoms with van der Waals surface area (Å²) in [4.78, 5) is 29.0. The van der Waals surface area contributed by atoms with Crippen LogP contribution in [0.2, 0.25) is 0 Å². The van der Waals surface area contributed by atoms with Crippen molar-refractivity contribution in [3.63, 3.8) is 0 Å². The van der Waals surface area contributed by atoms with Crippen LogP contribution in [-0.2, 0) is 11.8 Å².